The predicted octanol–water partition coefficient (Wildman–Crippen LogP) is 4.31. The number of hydrogen-bond donors (Lipinski definition) is 1. The van der Waals surface area contributed by atoms with Crippen LogP contribution in [0.2, 0.25) is 0 Å². The van der Waals surface area contributed by atoms with Gasteiger partial charge in [-0.2, -0.15) is 0 Å². The summed E-state index contributed by atoms with van der Waals surface area (Å²) >= 11 is 0. The van der Waals surface area contributed by atoms with Crippen LogP contribution in [0.1, 0.15) is 62.1 Å². The molecule has 0 radical (unpaired) electrons. The average Bonchev–Trinajstić information content (AvgIpc) is 2.72. The largest absolute Gasteiger partial charge is 0.381 e. The Bertz CT molecular complexity index is 524. The van der Waals surface area contributed by atoms with Crippen LogP contribution in [0.3, 0.4) is 0 Å². The standard InChI is InChI=1S/C18H25NO/c1-12(2)13-4-5-14-11-18(17(19)16(14)10-13)8-6-15(20-3)7-9-18/h4-5,10,12,15,19H,6-9,11H2,1-3H3/t15-,18-. The predicted molar refractivity (Wildman–Crippen MR) is 82.8 cm³/mol. The Morgan fingerprint density at radius 1 is 1.25 bits per heavy atom. The Labute approximate surface area is 122 Å². The van der Waals surface area contributed by atoms with E-state index >= 15 is 0 Å². The Kier molecular flexibility index (Phi) is 3.45. The SMILES string of the molecule is CO[C@H]1CC[C@]2(CC1)Cc1ccc(C(C)C)cc1C2=N. The van der Waals surface area contributed by atoms with E-state index in [0.29, 0.717) is 12.0 Å². The second-order valence-corrected chi connectivity index (χ2v) is 6.84. The molecular formula is C18H25NO. The molecule has 1 aromatic carbocycles. The lowest BCUT2D eigenvalue weighted by Gasteiger charge is -2.36. The summed E-state index contributed by atoms with van der Waals surface area (Å²) in [5.41, 5.74) is 4.95. The summed E-state index contributed by atoms with van der Waals surface area (Å²) in [4.78, 5) is 0. The Morgan fingerprint density at radius 2 is 1.95 bits per heavy atom. The number of fused-ring (bicyclic) bond motifs is 1. The molecule has 0 atom stereocenters. The number of rotatable bonds is 2. The van der Waals surface area contributed by atoms with Crippen molar-refractivity contribution in [2.75, 3.05) is 7.11 Å². The van der Waals surface area contributed by atoms with Crippen molar-refractivity contribution in [1.82, 2.24) is 0 Å². The van der Waals surface area contributed by atoms with Gasteiger partial charge in [-0.1, -0.05) is 26.0 Å². The van der Waals surface area contributed by atoms with Crippen LogP contribution in [-0.2, 0) is 11.2 Å². The molecule has 1 N–H and O–H groups in total. The van der Waals surface area contributed by atoms with Gasteiger partial charge in [-0.05, 0) is 60.8 Å². The Hall–Kier alpha value is -1.15. The minimum absolute atomic E-state index is 0.104. The van der Waals surface area contributed by atoms with Gasteiger partial charge in [0.25, 0.3) is 0 Å². The van der Waals surface area contributed by atoms with Gasteiger partial charge in [0.05, 0.1) is 6.10 Å². The van der Waals surface area contributed by atoms with Gasteiger partial charge in [0, 0.05) is 18.2 Å². The third-order valence-electron chi connectivity index (χ3n) is 5.35. The van der Waals surface area contributed by atoms with Crippen LogP contribution in [0.4, 0.5) is 0 Å². The molecule has 2 aliphatic rings. The molecule has 3 rings (SSSR count). The second kappa shape index (κ2) is 5.00. The molecule has 0 bridgehead atoms. The molecule has 2 nitrogen and oxygen atoms in total. The number of nitrogens with one attached hydrogen (secondary N) is 1. The normalized spacial score (nSPS) is 29.2. The molecule has 1 saturated carbocycles. The third kappa shape index (κ3) is 2.10. The van der Waals surface area contributed by atoms with Gasteiger partial charge in [-0.15, -0.1) is 0 Å². The van der Waals surface area contributed by atoms with Gasteiger partial charge < -0.3 is 10.1 Å². The molecule has 1 aromatic rings. The van der Waals surface area contributed by atoms with Crippen molar-refractivity contribution in [2.45, 2.75) is 58.0 Å². The number of ether oxygens (including phenoxy) is 1. The summed E-state index contributed by atoms with van der Waals surface area (Å²) in [6, 6.07) is 6.77. The van der Waals surface area contributed by atoms with E-state index in [9.17, 15) is 0 Å². The summed E-state index contributed by atoms with van der Waals surface area (Å²) < 4.78 is 5.49. The fourth-order valence-electron chi connectivity index (χ4n) is 3.89. The van der Waals surface area contributed by atoms with Gasteiger partial charge in [-0.25, -0.2) is 0 Å². The maximum absolute atomic E-state index is 8.69. The van der Waals surface area contributed by atoms with Crippen molar-refractivity contribution < 1.29 is 4.74 Å². The molecule has 20 heavy (non-hydrogen) atoms. The van der Waals surface area contributed by atoms with Crippen molar-refractivity contribution in [3.63, 3.8) is 0 Å². The number of hydrogen-bond acceptors (Lipinski definition) is 2. The van der Waals surface area contributed by atoms with E-state index in [1.165, 1.54) is 16.7 Å². The van der Waals surface area contributed by atoms with Crippen LogP contribution in [-0.4, -0.2) is 18.9 Å². The highest BCUT2D eigenvalue weighted by molar-refractivity contribution is 6.07. The first-order chi connectivity index (χ1) is 9.55. The van der Waals surface area contributed by atoms with Crippen molar-refractivity contribution in [3.05, 3.63) is 34.9 Å². The van der Waals surface area contributed by atoms with Crippen molar-refractivity contribution in [2.24, 2.45) is 5.41 Å². The molecule has 0 saturated heterocycles. The molecule has 0 unspecified atom stereocenters. The maximum Gasteiger partial charge on any atom is 0.0572 e. The fraction of sp³-hybridized carbons (Fsp3) is 0.611. The molecular weight excluding hydrogens is 246 g/mol. The minimum Gasteiger partial charge on any atom is -0.381 e. The first-order valence-corrected chi connectivity index (χ1v) is 7.81. The van der Waals surface area contributed by atoms with Gasteiger partial charge in [0.15, 0.2) is 0 Å². The van der Waals surface area contributed by atoms with E-state index in [1.54, 1.807) is 0 Å². The van der Waals surface area contributed by atoms with Crippen molar-refractivity contribution >= 4 is 5.71 Å². The molecule has 108 valence electrons. The lowest BCUT2D eigenvalue weighted by atomic mass is 9.70. The van der Waals surface area contributed by atoms with Gasteiger partial charge >= 0.3 is 0 Å². The molecule has 0 amide bonds. The zero-order valence-corrected chi connectivity index (χ0v) is 12.8. The molecule has 2 heteroatoms. The number of benzene rings is 1. The first kappa shape index (κ1) is 13.8. The van der Waals surface area contributed by atoms with E-state index in [4.69, 9.17) is 10.1 Å². The maximum atomic E-state index is 8.69. The van der Waals surface area contributed by atoms with Crippen LogP contribution >= 0.6 is 0 Å². The lowest BCUT2D eigenvalue weighted by Crippen LogP contribution is -2.35. The second-order valence-electron chi connectivity index (χ2n) is 6.84. The van der Waals surface area contributed by atoms with Crippen LogP contribution in [0, 0.1) is 10.8 Å². The third-order valence-corrected chi connectivity index (χ3v) is 5.35. The summed E-state index contributed by atoms with van der Waals surface area (Å²) in [6.07, 6.45) is 5.89. The Balaban J connectivity index is 1.87. The summed E-state index contributed by atoms with van der Waals surface area (Å²) in [5, 5.41) is 8.69. The molecule has 2 aliphatic carbocycles. The quantitative estimate of drug-likeness (QED) is 0.854. The van der Waals surface area contributed by atoms with E-state index in [1.807, 2.05) is 7.11 Å². The summed E-state index contributed by atoms with van der Waals surface area (Å²) in [6.45, 7) is 4.44. The first-order valence-electron chi connectivity index (χ1n) is 7.81. The highest BCUT2D eigenvalue weighted by atomic mass is 16.5. The van der Waals surface area contributed by atoms with Crippen LogP contribution in [0.25, 0.3) is 0 Å². The topological polar surface area (TPSA) is 33.1 Å². The molecule has 1 spiro atoms. The van der Waals surface area contributed by atoms with E-state index in [2.05, 4.69) is 32.0 Å². The fourth-order valence-corrected chi connectivity index (χ4v) is 3.89. The van der Waals surface area contributed by atoms with Gasteiger partial charge in [0.1, 0.15) is 0 Å². The van der Waals surface area contributed by atoms with E-state index < -0.39 is 0 Å². The monoisotopic (exact) mass is 271 g/mol. The zero-order valence-electron chi connectivity index (χ0n) is 12.8. The zero-order chi connectivity index (χ0) is 14.3. The van der Waals surface area contributed by atoms with Crippen LogP contribution in [0.5, 0.6) is 0 Å². The van der Waals surface area contributed by atoms with E-state index in [0.717, 1.165) is 37.8 Å². The van der Waals surface area contributed by atoms with Crippen LogP contribution < -0.4 is 0 Å². The van der Waals surface area contributed by atoms with Crippen molar-refractivity contribution in [1.29, 1.82) is 5.41 Å². The Morgan fingerprint density at radius 3 is 2.55 bits per heavy atom. The van der Waals surface area contributed by atoms with Crippen LogP contribution in [0.15, 0.2) is 18.2 Å². The summed E-state index contributed by atoms with van der Waals surface area (Å²) in [7, 11) is 1.81. The number of methoxy groups -OCH3 is 1. The molecule has 0 aromatic heterocycles. The minimum atomic E-state index is 0.104. The van der Waals surface area contributed by atoms with E-state index in [-0.39, 0.29) is 5.41 Å². The van der Waals surface area contributed by atoms with Gasteiger partial charge in [0.2, 0.25) is 0 Å². The highest BCUT2D eigenvalue weighted by Gasteiger charge is 2.44. The average molecular weight is 271 g/mol. The molecule has 1 fully saturated rings. The van der Waals surface area contributed by atoms with Gasteiger partial charge in [-0.3, -0.25) is 0 Å². The smallest absolute Gasteiger partial charge is 0.0572 e. The molecule has 0 heterocycles. The molecule has 0 aliphatic heterocycles. The van der Waals surface area contributed by atoms with Crippen molar-refractivity contribution in [3.8, 4) is 0 Å². The lowest BCUT2D eigenvalue weighted by molar-refractivity contribution is 0.0467. The highest BCUT2D eigenvalue weighted by Crippen LogP contribution is 2.47. The summed E-state index contributed by atoms with van der Waals surface area (Å²) in [5.74, 6) is 0.536.